The van der Waals surface area contributed by atoms with E-state index in [1.165, 1.54) is 6.33 Å². The number of carbonyl (C=O) groups excluding carboxylic acids is 1. The molecule has 2 N–H and O–H groups in total. The third-order valence-electron chi connectivity index (χ3n) is 2.20. The van der Waals surface area contributed by atoms with Gasteiger partial charge in [-0.3, -0.25) is 10.1 Å². The predicted octanol–water partition coefficient (Wildman–Crippen LogP) is 2.03. The lowest BCUT2D eigenvalue weighted by molar-refractivity contribution is -0.116. The van der Waals surface area contributed by atoms with Crippen LogP contribution in [0, 0.1) is 0 Å². The SMILES string of the molecule is O=C(CCc1cccc(Cl)c1)Nc1ncn[nH]1. The van der Waals surface area contributed by atoms with Gasteiger partial charge < -0.3 is 0 Å². The highest BCUT2D eigenvalue weighted by Gasteiger charge is 2.04. The molecule has 1 heterocycles. The van der Waals surface area contributed by atoms with Crippen LogP contribution in [0.2, 0.25) is 5.02 Å². The van der Waals surface area contributed by atoms with Gasteiger partial charge in [0.25, 0.3) is 0 Å². The molecule has 1 aromatic carbocycles. The van der Waals surface area contributed by atoms with Crippen LogP contribution < -0.4 is 5.32 Å². The molecule has 0 bridgehead atoms. The largest absolute Gasteiger partial charge is 0.295 e. The number of hydrogen-bond acceptors (Lipinski definition) is 3. The molecule has 0 saturated carbocycles. The zero-order valence-corrected chi connectivity index (χ0v) is 9.74. The molecule has 0 radical (unpaired) electrons. The third kappa shape index (κ3) is 3.57. The fourth-order valence-corrected chi connectivity index (χ4v) is 1.62. The summed E-state index contributed by atoms with van der Waals surface area (Å²) in [5, 5.41) is 9.48. The van der Waals surface area contributed by atoms with Crippen molar-refractivity contribution in [2.24, 2.45) is 0 Å². The van der Waals surface area contributed by atoms with Crippen LogP contribution in [0.3, 0.4) is 0 Å². The average molecular weight is 251 g/mol. The second kappa shape index (κ2) is 5.45. The van der Waals surface area contributed by atoms with Crippen LogP contribution in [0.25, 0.3) is 0 Å². The number of hydrogen-bond donors (Lipinski definition) is 2. The van der Waals surface area contributed by atoms with Gasteiger partial charge in [-0.1, -0.05) is 23.7 Å². The topological polar surface area (TPSA) is 70.7 Å². The van der Waals surface area contributed by atoms with Crippen LogP contribution in [0.1, 0.15) is 12.0 Å². The molecule has 2 rings (SSSR count). The summed E-state index contributed by atoms with van der Waals surface area (Å²) in [6.07, 6.45) is 2.36. The fourth-order valence-electron chi connectivity index (χ4n) is 1.41. The van der Waals surface area contributed by atoms with Gasteiger partial charge >= 0.3 is 0 Å². The van der Waals surface area contributed by atoms with Crippen LogP contribution in [-0.2, 0) is 11.2 Å². The number of carbonyl (C=O) groups is 1. The number of aryl methyl sites for hydroxylation is 1. The number of anilines is 1. The first-order valence-electron chi connectivity index (χ1n) is 5.14. The summed E-state index contributed by atoms with van der Waals surface area (Å²) in [6, 6.07) is 7.46. The molecule has 1 amide bonds. The van der Waals surface area contributed by atoms with Crippen LogP contribution in [0.5, 0.6) is 0 Å². The molecule has 0 spiro atoms. The van der Waals surface area contributed by atoms with Gasteiger partial charge in [0.05, 0.1) is 0 Å². The minimum absolute atomic E-state index is 0.110. The van der Waals surface area contributed by atoms with Crippen molar-refractivity contribution in [1.82, 2.24) is 15.2 Å². The average Bonchev–Trinajstić information content (AvgIpc) is 2.79. The summed E-state index contributed by atoms with van der Waals surface area (Å²) in [5.41, 5.74) is 1.03. The molecule has 1 aromatic heterocycles. The normalized spacial score (nSPS) is 10.2. The van der Waals surface area contributed by atoms with Crippen molar-refractivity contribution >= 4 is 23.5 Å². The summed E-state index contributed by atoms with van der Waals surface area (Å²) < 4.78 is 0. The maximum absolute atomic E-state index is 11.5. The van der Waals surface area contributed by atoms with E-state index < -0.39 is 0 Å². The number of nitrogens with one attached hydrogen (secondary N) is 2. The highest BCUT2D eigenvalue weighted by molar-refractivity contribution is 6.30. The van der Waals surface area contributed by atoms with Crippen molar-refractivity contribution in [3.8, 4) is 0 Å². The van der Waals surface area contributed by atoms with Gasteiger partial charge in [-0.05, 0) is 24.1 Å². The molecule has 6 heteroatoms. The van der Waals surface area contributed by atoms with Crippen LogP contribution in [0.15, 0.2) is 30.6 Å². The second-order valence-electron chi connectivity index (χ2n) is 3.51. The number of aromatic amines is 1. The number of nitrogens with zero attached hydrogens (tertiary/aromatic N) is 2. The van der Waals surface area contributed by atoms with Gasteiger partial charge in [0, 0.05) is 11.4 Å². The first kappa shape index (κ1) is 11.6. The molecule has 2 aromatic rings. The van der Waals surface area contributed by atoms with E-state index in [2.05, 4.69) is 20.5 Å². The van der Waals surface area contributed by atoms with E-state index in [-0.39, 0.29) is 5.91 Å². The van der Waals surface area contributed by atoms with Crippen molar-refractivity contribution in [3.63, 3.8) is 0 Å². The van der Waals surface area contributed by atoms with E-state index in [4.69, 9.17) is 11.6 Å². The van der Waals surface area contributed by atoms with Crippen LogP contribution in [0.4, 0.5) is 5.95 Å². The Balaban J connectivity index is 1.84. The lowest BCUT2D eigenvalue weighted by atomic mass is 10.1. The van der Waals surface area contributed by atoms with E-state index in [1.54, 1.807) is 6.07 Å². The Labute approximate surface area is 103 Å². The number of rotatable bonds is 4. The molecule has 0 aliphatic carbocycles. The zero-order chi connectivity index (χ0) is 12.1. The maximum Gasteiger partial charge on any atom is 0.227 e. The number of amides is 1. The van der Waals surface area contributed by atoms with E-state index in [0.29, 0.717) is 23.8 Å². The Hall–Kier alpha value is -1.88. The summed E-state index contributed by atoms with van der Waals surface area (Å²) in [4.78, 5) is 15.3. The minimum Gasteiger partial charge on any atom is -0.295 e. The maximum atomic E-state index is 11.5. The zero-order valence-electron chi connectivity index (χ0n) is 8.98. The summed E-state index contributed by atoms with van der Waals surface area (Å²) in [5.74, 6) is 0.253. The standard InChI is InChI=1S/C11H11ClN4O/c12-9-3-1-2-8(6-9)4-5-10(17)15-11-13-7-14-16-11/h1-3,6-7H,4-5H2,(H2,13,14,15,16,17). The second-order valence-corrected chi connectivity index (χ2v) is 3.95. The highest BCUT2D eigenvalue weighted by Crippen LogP contribution is 2.12. The Bertz CT molecular complexity index is 498. The molecule has 17 heavy (non-hydrogen) atoms. The lowest BCUT2D eigenvalue weighted by Crippen LogP contribution is -2.13. The van der Waals surface area contributed by atoms with Gasteiger partial charge in [-0.15, -0.1) is 0 Å². The summed E-state index contributed by atoms with van der Waals surface area (Å²) in [7, 11) is 0. The fraction of sp³-hybridized carbons (Fsp3) is 0.182. The molecular weight excluding hydrogens is 240 g/mol. The molecule has 5 nitrogen and oxygen atoms in total. The molecule has 0 aliphatic heterocycles. The number of H-pyrrole nitrogens is 1. The van der Waals surface area contributed by atoms with Gasteiger partial charge in [0.15, 0.2) is 0 Å². The smallest absolute Gasteiger partial charge is 0.227 e. The minimum atomic E-state index is -0.110. The Morgan fingerprint density at radius 2 is 2.35 bits per heavy atom. The van der Waals surface area contributed by atoms with Crippen LogP contribution in [-0.4, -0.2) is 21.1 Å². The molecule has 0 fully saturated rings. The monoisotopic (exact) mass is 250 g/mol. The first-order chi connectivity index (χ1) is 8.24. The predicted molar refractivity (Wildman–Crippen MR) is 64.8 cm³/mol. The van der Waals surface area contributed by atoms with E-state index in [0.717, 1.165) is 5.56 Å². The summed E-state index contributed by atoms with van der Waals surface area (Å²) in [6.45, 7) is 0. The van der Waals surface area contributed by atoms with E-state index in [9.17, 15) is 4.79 Å². The van der Waals surface area contributed by atoms with Gasteiger partial charge in [0.2, 0.25) is 11.9 Å². The molecule has 0 atom stereocenters. The van der Waals surface area contributed by atoms with E-state index >= 15 is 0 Å². The first-order valence-corrected chi connectivity index (χ1v) is 5.51. The van der Waals surface area contributed by atoms with Crippen molar-refractivity contribution in [1.29, 1.82) is 0 Å². The van der Waals surface area contributed by atoms with Crippen molar-refractivity contribution in [2.75, 3.05) is 5.32 Å². The highest BCUT2D eigenvalue weighted by atomic mass is 35.5. The van der Waals surface area contributed by atoms with Crippen molar-refractivity contribution < 1.29 is 4.79 Å². The van der Waals surface area contributed by atoms with Crippen molar-refractivity contribution in [2.45, 2.75) is 12.8 Å². The molecular formula is C11H11ClN4O. The quantitative estimate of drug-likeness (QED) is 0.872. The third-order valence-corrected chi connectivity index (χ3v) is 2.44. The van der Waals surface area contributed by atoms with E-state index in [1.807, 2.05) is 18.2 Å². The Morgan fingerprint density at radius 3 is 3.06 bits per heavy atom. The Morgan fingerprint density at radius 1 is 1.47 bits per heavy atom. The summed E-state index contributed by atoms with van der Waals surface area (Å²) >= 11 is 5.85. The molecule has 88 valence electrons. The molecule has 0 saturated heterocycles. The Kier molecular flexibility index (Phi) is 3.72. The van der Waals surface area contributed by atoms with Crippen molar-refractivity contribution in [3.05, 3.63) is 41.2 Å². The van der Waals surface area contributed by atoms with Crippen LogP contribution >= 0.6 is 11.6 Å². The van der Waals surface area contributed by atoms with Gasteiger partial charge in [0.1, 0.15) is 6.33 Å². The van der Waals surface area contributed by atoms with Gasteiger partial charge in [-0.25, -0.2) is 5.10 Å². The lowest BCUT2D eigenvalue weighted by Gasteiger charge is -2.02. The number of halogens is 1. The molecule has 0 unspecified atom stereocenters. The number of benzene rings is 1. The molecule has 0 aliphatic rings. The van der Waals surface area contributed by atoms with Gasteiger partial charge in [-0.2, -0.15) is 10.1 Å². The number of aromatic nitrogens is 3.